The highest BCUT2D eigenvalue weighted by molar-refractivity contribution is 6.12. The maximum atomic E-state index is 6.70. The summed E-state index contributed by atoms with van der Waals surface area (Å²) in [5.41, 5.74) is 19.8. The molecule has 11 aromatic carbocycles. The number of furan rings is 1. The molecule has 324 valence electrons. The Labute approximate surface area is 401 Å². The number of fused-ring (bicyclic) bond motifs is 6. The molecule has 69 heavy (non-hydrogen) atoms. The van der Waals surface area contributed by atoms with Crippen molar-refractivity contribution in [2.24, 2.45) is 0 Å². The van der Waals surface area contributed by atoms with Crippen molar-refractivity contribution in [1.29, 1.82) is 0 Å². The predicted octanol–water partition coefficient (Wildman–Crippen LogP) is 18.5. The first-order valence-electron chi connectivity index (χ1n) is 23.6. The number of aromatic nitrogens is 1. The summed E-state index contributed by atoms with van der Waals surface area (Å²) in [6, 6.07) is 96.1. The molecule has 13 rings (SSSR count). The lowest BCUT2D eigenvalue weighted by Gasteiger charge is -2.30. The SMILES string of the molecule is c1ccc(-c2cccc(-c3ccccc3N(c3ccc(-c4ccccc4-c4ccccc4-n4c5ccccc5c5ccccc54)cc3)c3ccccc3-c3cccc4c3oc3ccccc34)c2)cc1. The maximum Gasteiger partial charge on any atom is 0.143 e. The first kappa shape index (κ1) is 40.1. The fraction of sp³-hybridized carbons (Fsp3) is 0. The van der Waals surface area contributed by atoms with E-state index in [4.69, 9.17) is 4.42 Å². The Morgan fingerprint density at radius 1 is 0.290 bits per heavy atom. The first-order valence-corrected chi connectivity index (χ1v) is 23.6. The lowest BCUT2D eigenvalue weighted by atomic mass is 9.93. The van der Waals surface area contributed by atoms with Gasteiger partial charge in [0.15, 0.2) is 0 Å². The standard InChI is InChI=1S/C66H44N2O/c1-2-20-45(21-3-1)47-22-18-23-48(44-47)51-25-6-12-34-60(51)67(61-35-13-10-30-56(61)58-32-19-33-59-57-31-11-17-39-65(57)69-66(58)59)49-42-40-46(41-43-49)50-24-4-5-26-52(50)53-27-7-14-36-62(53)68-63-37-15-8-28-54(63)55-29-9-16-38-64(55)68/h1-44H. The molecule has 0 fully saturated rings. The number of nitrogens with zero attached hydrogens (tertiary/aromatic N) is 2. The van der Waals surface area contributed by atoms with Crippen LogP contribution in [0.4, 0.5) is 17.1 Å². The molecule has 3 heteroatoms. The topological polar surface area (TPSA) is 21.3 Å². The molecule has 3 nitrogen and oxygen atoms in total. The molecule has 0 aliphatic carbocycles. The van der Waals surface area contributed by atoms with Gasteiger partial charge in [-0.1, -0.05) is 212 Å². The number of anilines is 3. The summed E-state index contributed by atoms with van der Waals surface area (Å²) in [6.45, 7) is 0. The second kappa shape index (κ2) is 16.9. The Bertz CT molecular complexity index is 3970. The van der Waals surface area contributed by atoms with E-state index >= 15 is 0 Å². The predicted molar refractivity (Wildman–Crippen MR) is 290 cm³/mol. The Morgan fingerprint density at radius 3 is 1.55 bits per heavy atom. The van der Waals surface area contributed by atoms with Crippen LogP contribution in [0.25, 0.3) is 105 Å². The summed E-state index contributed by atoms with van der Waals surface area (Å²) in [7, 11) is 0. The highest BCUT2D eigenvalue weighted by Gasteiger charge is 2.24. The smallest absolute Gasteiger partial charge is 0.143 e. The Balaban J connectivity index is 0.980. The normalized spacial score (nSPS) is 11.5. The molecule has 0 bridgehead atoms. The Hall–Kier alpha value is -9.18. The van der Waals surface area contributed by atoms with Crippen molar-refractivity contribution in [3.05, 3.63) is 267 Å². The minimum atomic E-state index is 0.878. The molecule has 13 aromatic rings. The summed E-state index contributed by atoms with van der Waals surface area (Å²) in [5.74, 6) is 0. The summed E-state index contributed by atoms with van der Waals surface area (Å²) < 4.78 is 9.12. The largest absolute Gasteiger partial charge is 0.455 e. The van der Waals surface area contributed by atoms with Crippen LogP contribution in [0, 0.1) is 0 Å². The summed E-state index contributed by atoms with van der Waals surface area (Å²) in [5, 5.41) is 4.71. The zero-order chi connectivity index (χ0) is 45.7. The molecule has 0 N–H and O–H groups in total. The minimum absolute atomic E-state index is 0.878. The van der Waals surface area contributed by atoms with Crippen molar-refractivity contribution in [2.45, 2.75) is 0 Å². The van der Waals surface area contributed by atoms with Crippen LogP contribution in [0.3, 0.4) is 0 Å². The van der Waals surface area contributed by atoms with Crippen molar-refractivity contribution in [2.75, 3.05) is 4.90 Å². The second-order valence-electron chi connectivity index (χ2n) is 17.6. The van der Waals surface area contributed by atoms with Crippen molar-refractivity contribution < 1.29 is 4.42 Å². The van der Waals surface area contributed by atoms with E-state index in [9.17, 15) is 0 Å². The molecule has 0 aliphatic heterocycles. The van der Waals surface area contributed by atoms with Gasteiger partial charge in [-0.05, 0) is 88.0 Å². The third kappa shape index (κ3) is 6.91. The van der Waals surface area contributed by atoms with E-state index in [2.05, 4.69) is 270 Å². The van der Waals surface area contributed by atoms with Crippen LogP contribution < -0.4 is 4.90 Å². The van der Waals surface area contributed by atoms with Crippen molar-refractivity contribution >= 4 is 60.8 Å². The number of rotatable bonds is 9. The number of para-hydroxylation sites is 7. The lowest BCUT2D eigenvalue weighted by Crippen LogP contribution is -2.12. The van der Waals surface area contributed by atoms with Crippen LogP contribution in [-0.4, -0.2) is 4.57 Å². The van der Waals surface area contributed by atoms with Crippen molar-refractivity contribution in [3.63, 3.8) is 0 Å². The van der Waals surface area contributed by atoms with Gasteiger partial charge in [-0.2, -0.15) is 0 Å². The van der Waals surface area contributed by atoms with E-state index in [1.54, 1.807) is 0 Å². The van der Waals surface area contributed by atoms with E-state index in [0.717, 1.165) is 72.5 Å². The Morgan fingerprint density at radius 2 is 0.797 bits per heavy atom. The fourth-order valence-corrected chi connectivity index (χ4v) is 10.5. The molecule has 0 unspecified atom stereocenters. The lowest BCUT2D eigenvalue weighted by molar-refractivity contribution is 0.670. The molecule has 2 heterocycles. The quantitative estimate of drug-likeness (QED) is 0.144. The third-order valence-electron chi connectivity index (χ3n) is 13.6. The molecule has 0 radical (unpaired) electrons. The number of benzene rings is 11. The first-order chi connectivity index (χ1) is 34.3. The van der Waals surface area contributed by atoms with Gasteiger partial charge in [0.25, 0.3) is 0 Å². The molecule has 0 aliphatic rings. The summed E-state index contributed by atoms with van der Waals surface area (Å²) >= 11 is 0. The van der Waals surface area contributed by atoms with Crippen LogP contribution in [0.2, 0.25) is 0 Å². The van der Waals surface area contributed by atoms with Gasteiger partial charge in [0.1, 0.15) is 11.2 Å². The van der Waals surface area contributed by atoms with Crippen LogP contribution in [-0.2, 0) is 0 Å². The average molecular weight is 881 g/mol. The van der Waals surface area contributed by atoms with Gasteiger partial charge < -0.3 is 13.9 Å². The van der Waals surface area contributed by atoms with Crippen LogP contribution in [0.5, 0.6) is 0 Å². The van der Waals surface area contributed by atoms with Gasteiger partial charge in [0.05, 0.1) is 28.1 Å². The Kier molecular flexibility index (Phi) is 9.84. The monoisotopic (exact) mass is 880 g/mol. The zero-order valence-electron chi connectivity index (χ0n) is 37.7. The van der Waals surface area contributed by atoms with Crippen molar-refractivity contribution in [1.82, 2.24) is 4.57 Å². The zero-order valence-corrected chi connectivity index (χ0v) is 37.7. The molecular formula is C66H44N2O. The van der Waals surface area contributed by atoms with Gasteiger partial charge in [-0.15, -0.1) is 0 Å². The molecule has 0 atom stereocenters. The number of hydrogen-bond acceptors (Lipinski definition) is 2. The van der Waals surface area contributed by atoms with Crippen LogP contribution in [0.15, 0.2) is 271 Å². The van der Waals surface area contributed by atoms with E-state index < -0.39 is 0 Å². The maximum absolute atomic E-state index is 6.70. The number of hydrogen-bond donors (Lipinski definition) is 0. The average Bonchev–Trinajstić information content (AvgIpc) is 3.98. The third-order valence-corrected chi connectivity index (χ3v) is 13.6. The minimum Gasteiger partial charge on any atom is -0.455 e. The van der Waals surface area contributed by atoms with Gasteiger partial charge >= 0.3 is 0 Å². The van der Waals surface area contributed by atoms with Gasteiger partial charge in [-0.25, -0.2) is 0 Å². The summed E-state index contributed by atoms with van der Waals surface area (Å²) in [4.78, 5) is 2.43. The molecule has 2 aromatic heterocycles. The highest BCUT2D eigenvalue weighted by atomic mass is 16.3. The second-order valence-corrected chi connectivity index (χ2v) is 17.6. The highest BCUT2D eigenvalue weighted by Crippen LogP contribution is 2.48. The molecule has 0 saturated heterocycles. The molecule has 0 spiro atoms. The van der Waals surface area contributed by atoms with Crippen molar-refractivity contribution in [3.8, 4) is 61.3 Å². The summed E-state index contributed by atoms with van der Waals surface area (Å²) in [6.07, 6.45) is 0. The molecule has 0 amide bonds. The van der Waals surface area contributed by atoms with E-state index in [0.29, 0.717) is 0 Å². The van der Waals surface area contributed by atoms with E-state index in [1.165, 1.54) is 49.6 Å². The van der Waals surface area contributed by atoms with E-state index in [-0.39, 0.29) is 0 Å². The fourth-order valence-electron chi connectivity index (χ4n) is 10.5. The van der Waals surface area contributed by atoms with Crippen LogP contribution in [0.1, 0.15) is 0 Å². The molecular weight excluding hydrogens is 837 g/mol. The van der Waals surface area contributed by atoms with Gasteiger partial charge in [-0.3, -0.25) is 0 Å². The van der Waals surface area contributed by atoms with E-state index in [1.807, 2.05) is 6.07 Å². The van der Waals surface area contributed by atoms with Crippen LogP contribution >= 0.6 is 0 Å². The van der Waals surface area contributed by atoms with Gasteiger partial charge in [0.2, 0.25) is 0 Å². The van der Waals surface area contributed by atoms with Gasteiger partial charge in [0, 0.05) is 49.5 Å². The molecule has 0 saturated carbocycles.